The topological polar surface area (TPSA) is 37.3 Å². The van der Waals surface area contributed by atoms with E-state index in [4.69, 9.17) is 28.3 Å². The van der Waals surface area contributed by atoms with Gasteiger partial charge in [0, 0.05) is 16.1 Å². The smallest absolute Gasteiger partial charge is 0.337 e. The predicted molar refractivity (Wildman–Crippen MR) is 68.9 cm³/mol. The molecule has 0 amide bonds. The molecule has 4 heteroatoms. The number of hydrogen-bond acceptors (Lipinski definition) is 1. The molecule has 0 aromatic heterocycles. The number of aromatic carboxylic acids is 1. The third kappa shape index (κ3) is 2.28. The molecule has 2 nitrogen and oxygen atoms in total. The second-order valence-corrected chi connectivity index (χ2v) is 4.24. The lowest BCUT2D eigenvalue weighted by atomic mass is 10.0. The molecule has 0 spiro atoms. The van der Waals surface area contributed by atoms with E-state index in [1.165, 1.54) is 6.07 Å². The van der Waals surface area contributed by atoms with Gasteiger partial charge >= 0.3 is 5.97 Å². The zero-order valence-corrected chi connectivity index (χ0v) is 10.2. The molecule has 0 unspecified atom stereocenters. The fourth-order valence-corrected chi connectivity index (χ4v) is 2.13. The molecule has 17 heavy (non-hydrogen) atoms. The Morgan fingerprint density at radius 3 is 2.24 bits per heavy atom. The van der Waals surface area contributed by atoms with Crippen molar-refractivity contribution in [2.24, 2.45) is 0 Å². The van der Waals surface area contributed by atoms with Gasteiger partial charge in [0.1, 0.15) is 0 Å². The van der Waals surface area contributed by atoms with E-state index in [9.17, 15) is 4.79 Å². The van der Waals surface area contributed by atoms with Crippen molar-refractivity contribution in [2.75, 3.05) is 0 Å². The lowest BCUT2D eigenvalue weighted by Crippen LogP contribution is -1.98. The minimum absolute atomic E-state index is 0.0732. The number of hydrogen-bond donors (Lipinski definition) is 1. The molecule has 86 valence electrons. The highest BCUT2D eigenvalue weighted by molar-refractivity contribution is 6.38. The van der Waals surface area contributed by atoms with E-state index in [0.29, 0.717) is 10.6 Å². The summed E-state index contributed by atoms with van der Waals surface area (Å²) in [7, 11) is 0. The average molecular weight is 267 g/mol. The number of carboxylic acids is 1. The minimum atomic E-state index is -1.05. The van der Waals surface area contributed by atoms with E-state index >= 15 is 0 Å². The van der Waals surface area contributed by atoms with Gasteiger partial charge in [-0.1, -0.05) is 53.5 Å². The Kier molecular flexibility index (Phi) is 3.36. The monoisotopic (exact) mass is 266 g/mol. The minimum Gasteiger partial charge on any atom is -0.478 e. The summed E-state index contributed by atoms with van der Waals surface area (Å²) in [6.45, 7) is 0. The van der Waals surface area contributed by atoms with E-state index in [1.54, 1.807) is 30.3 Å². The van der Waals surface area contributed by atoms with Crippen molar-refractivity contribution in [3.8, 4) is 11.1 Å². The van der Waals surface area contributed by atoms with Crippen LogP contribution < -0.4 is 0 Å². The summed E-state index contributed by atoms with van der Waals surface area (Å²) >= 11 is 12.1. The second kappa shape index (κ2) is 4.78. The van der Waals surface area contributed by atoms with Crippen LogP contribution >= 0.6 is 23.2 Å². The summed E-state index contributed by atoms with van der Waals surface area (Å²) in [5, 5.41) is 9.73. The molecule has 0 aliphatic carbocycles. The van der Waals surface area contributed by atoms with Crippen molar-refractivity contribution < 1.29 is 9.90 Å². The Bertz CT molecular complexity index is 579. The Balaban J connectivity index is 2.65. The van der Waals surface area contributed by atoms with Gasteiger partial charge in [0.05, 0.1) is 10.6 Å². The highest BCUT2D eigenvalue weighted by atomic mass is 35.5. The number of carbonyl (C=O) groups is 1. The molecule has 0 aliphatic rings. The Hall–Kier alpha value is -1.51. The molecule has 2 aromatic carbocycles. The number of halogens is 2. The van der Waals surface area contributed by atoms with E-state index in [0.717, 1.165) is 5.56 Å². The first-order valence-electron chi connectivity index (χ1n) is 4.88. The zero-order valence-electron chi connectivity index (χ0n) is 8.65. The summed E-state index contributed by atoms with van der Waals surface area (Å²) in [5.41, 5.74) is 1.42. The van der Waals surface area contributed by atoms with Crippen LogP contribution in [0.2, 0.25) is 10.0 Å². The number of rotatable bonds is 2. The molecule has 0 atom stereocenters. The molecular formula is C13H8Cl2O2. The zero-order chi connectivity index (χ0) is 12.4. The van der Waals surface area contributed by atoms with Crippen LogP contribution in [0, 0.1) is 0 Å². The first kappa shape index (κ1) is 12.0. The first-order valence-corrected chi connectivity index (χ1v) is 5.63. The summed E-state index contributed by atoms with van der Waals surface area (Å²) in [6.07, 6.45) is 0. The third-order valence-electron chi connectivity index (χ3n) is 2.39. The van der Waals surface area contributed by atoms with Crippen LogP contribution in [0.15, 0.2) is 42.5 Å². The summed E-state index contributed by atoms with van der Waals surface area (Å²) in [4.78, 5) is 11.0. The molecule has 0 saturated heterocycles. The first-order chi connectivity index (χ1) is 8.11. The molecule has 2 rings (SSSR count). The van der Waals surface area contributed by atoms with E-state index in [2.05, 4.69) is 0 Å². The van der Waals surface area contributed by atoms with Gasteiger partial charge in [-0.25, -0.2) is 4.79 Å². The summed E-state index contributed by atoms with van der Waals surface area (Å²) in [5.74, 6) is -1.05. The van der Waals surface area contributed by atoms with Crippen molar-refractivity contribution in [3.05, 3.63) is 58.1 Å². The third-order valence-corrected chi connectivity index (χ3v) is 3.13. The fourth-order valence-electron chi connectivity index (χ4n) is 1.58. The maximum absolute atomic E-state index is 11.0. The molecule has 0 heterocycles. The van der Waals surface area contributed by atoms with Crippen molar-refractivity contribution >= 4 is 29.2 Å². The van der Waals surface area contributed by atoms with Crippen LogP contribution in [-0.4, -0.2) is 11.1 Å². The van der Waals surface area contributed by atoms with Crippen molar-refractivity contribution in [1.29, 1.82) is 0 Å². The molecule has 0 bridgehead atoms. The summed E-state index contributed by atoms with van der Waals surface area (Å²) < 4.78 is 0. The number of benzene rings is 2. The van der Waals surface area contributed by atoms with E-state index < -0.39 is 5.97 Å². The standard InChI is InChI=1S/C13H8Cl2O2/c14-11-7-2-1-4-8(11)9-5-3-6-10(12(9)15)13(16)17/h1-7H,(H,16,17). The van der Waals surface area contributed by atoms with E-state index in [1.807, 2.05) is 6.07 Å². The lowest BCUT2D eigenvalue weighted by molar-refractivity contribution is 0.0697. The van der Waals surface area contributed by atoms with Crippen LogP contribution in [0.1, 0.15) is 10.4 Å². The van der Waals surface area contributed by atoms with Crippen LogP contribution in [0.3, 0.4) is 0 Å². The molecular weight excluding hydrogens is 259 g/mol. The highest BCUT2D eigenvalue weighted by Gasteiger charge is 2.14. The summed E-state index contributed by atoms with van der Waals surface area (Å²) in [6, 6.07) is 12.0. The largest absolute Gasteiger partial charge is 0.478 e. The fraction of sp³-hybridized carbons (Fsp3) is 0. The second-order valence-electron chi connectivity index (χ2n) is 3.45. The van der Waals surface area contributed by atoms with Gasteiger partial charge in [-0.15, -0.1) is 0 Å². The predicted octanol–water partition coefficient (Wildman–Crippen LogP) is 4.36. The molecule has 0 aliphatic heterocycles. The van der Waals surface area contributed by atoms with Crippen LogP contribution in [0.25, 0.3) is 11.1 Å². The quantitative estimate of drug-likeness (QED) is 0.877. The van der Waals surface area contributed by atoms with Gasteiger partial charge in [0.25, 0.3) is 0 Å². The van der Waals surface area contributed by atoms with Crippen molar-refractivity contribution in [2.45, 2.75) is 0 Å². The Labute approximate surface area is 108 Å². The molecule has 1 N–H and O–H groups in total. The Morgan fingerprint density at radius 1 is 0.941 bits per heavy atom. The molecule has 2 aromatic rings. The lowest BCUT2D eigenvalue weighted by Gasteiger charge is -2.08. The van der Waals surface area contributed by atoms with Gasteiger partial charge in [0.15, 0.2) is 0 Å². The molecule has 0 radical (unpaired) electrons. The van der Waals surface area contributed by atoms with Gasteiger partial charge in [-0.3, -0.25) is 0 Å². The van der Waals surface area contributed by atoms with Gasteiger partial charge in [0.2, 0.25) is 0 Å². The van der Waals surface area contributed by atoms with Crippen LogP contribution in [-0.2, 0) is 0 Å². The SMILES string of the molecule is O=C(O)c1cccc(-c2ccccc2Cl)c1Cl. The maximum atomic E-state index is 11.0. The average Bonchev–Trinajstić information content (AvgIpc) is 2.30. The molecule has 0 fully saturated rings. The van der Waals surface area contributed by atoms with Gasteiger partial charge in [-0.2, -0.15) is 0 Å². The maximum Gasteiger partial charge on any atom is 0.337 e. The highest BCUT2D eigenvalue weighted by Crippen LogP contribution is 2.34. The van der Waals surface area contributed by atoms with Gasteiger partial charge in [-0.05, 0) is 12.1 Å². The van der Waals surface area contributed by atoms with Crippen molar-refractivity contribution in [3.63, 3.8) is 0 Å². The van der Waals surface area contributed by atoms with Gasteiger partial charge < -0.3 is 5.11 Å². The Morgan fingerprint density at radius 2 is 1.59 bits per heavy atom. The number of carboxylic acid groups (broad SMARTS) is 1. The van der Waals surface area contributed by atoms with Crippen LogP contribution in [0.4, 0.5) is 0 Å². The van der Waals surface area contributed by atoms with Crippen LogP contribution in [0.5, 0.6) is 0 Å². The normalized spacial score (nSPS) is 10.2. The molecule has 0 saturated carbocycles. The van der Waals surface area contributed by atoms with Crippen molar-refractivity contribution in [1.82, 2.24) is 0 Å². The van der Waals surface area contributed by atoms with E-state index in [-0.39, 0.29) is 10.6 Å².